The first-order valence-corrected chi connectivity index (χ1v) is 7.07. The fourth-order valence-electron chi connectivity index (χ4n) is 1.59. The van der Waals surface area contributed by atoms with Crippen LogP contribution in [-0.4, -0.2) is 17.2 Å². The number of carbonyl (C=O) groups is 1. The van der Waals surface area contributed by atoms with Crippen LogP contribution in [0.5, 0.6) is 0 Å². The molecule has 0 bridgehead atoms. The molecule has 4 nitrogen and oxygen atoms in total. The Kier molecular flexibility index (Phi) is 5.25. The van der Waals surface area contributed by atoms with E-state index < -0.39 is 12.0 Å². The van der Waals surface area contributed by atoms with Gasteiger partial charge in [0.25, 0.3) is 5.91 Å². The number of nitrogens with zero attached hydrogens (tertiary/aromatic N) is 1. The van der Waals surface area contributed by atoms with Gasteiger partial charge in [-0.2, -0.15) is 5.10 Å². The topological polar surface area (TPSA) is 61.7 Å². The normalized spacial score (nSPS) is 12.3. The summed E-state index contributed by atoms with van der Waals surface area (Å²) < 4.78 is 1.03. The first kappa shape index (κ1) is 14.7. The van der Waals surface area contributed by atoms with E-state index in [9.17, 15) is 9.90 Å². The van der Waals surface area contributed by atoms with Crippen LogP contribution in [0.15, 0.2) is 59.7 Å². The third-order valence-corrected chi connectivity index (χ3v) is 3.63. The molecule has 20 heavy (non-hydrogen) atoms. The van der Waals surface area contributed by atoms with Crippen molar-refractivity contribution < 1.29 is 9.90 Å². The first-order valence-electron chi connectivity index (χ1n) is 5.99. The molecule has 0 unspecified atom stereocenters. The standard InChI is InChI=1S/C15H13IN2O2/c16-13-9-5-4-8-12(13)10-17-18-15(20)14(19)11-6-2-1-3-7-11/h1-10,14,19H,(H,18,20)/b17-10-/t14-/m1/s1. The second-order valence-corrected chi connectivity index (χ2v) is 5.23. The van der Waals surface area contributed by atoms with Gasteiger partial charge in [-0.25, -0.2) is 5.43 Å². The lowest BCUT2D eigenvalue weighted by Gasteiger charge is -2.08. The predicted octanol–water partition coefficient (Wildman–Crippen LogP) is 2.47. The van der Waals surface area contributed by atoms with Gasteiger partial charge in [0.05, 0.1) is 6.21 Å². The van der Waals surface area contributed by atoms with E-state index in [1.165, 1.54) is 0 Å². The summed E-state index contributed by atoms with van der Waals surface area (Å²) in [5.74, 6) is -0.557. The highest BCUT2D eigenvalue weighted by molar-refractivity contribution is 14.1. The minimum absolute atomic E-state index is 0.537. The number of carbonyl (C=O) groups excluding carboxylic acids is 1. The van der Waals surface area contributed by atoms with Gasteiger partial charge in [-0.05, 0) is 34.2 Å². The molecule has 0 heterocycles. The van der Waals surface area contributed by atoms with Crippen LogP contribution in [0, 0.1) is 3.57 Å². The van der Waals surface area contributed by atoms with Crippen molar-refractivity contribution in [2.24, 2.45) is 5.10 Å². The summed E-state index contributed by atoms with van der Waals surface area (Å²) in [5.41, 5.74) is 3.78. The minimum atomic E-state index is -1.22. The molecule has 1 atom stereocenters. The van der Waals surface area contributed by atoms with Gasteiger partial charge in [-0.3, -0.25) is 4.79 Å². The molecule has 0 aliphatic rings. The number of hydrogen-bond donors (Lipinski definition) is 2. The van der Waals surface area contributed by atoms with Crippen molar-refractivity contribution in [2.75, 3.05) is 0 Å². The summed E-state index contributed by atoms with van der Waals surface area (Å²) in [6.07, 6.45) is 0.334. The Balaban J connectivity index is 1.97. The number of hydrazone groups is 1. The van der Waals surface area contributed by atoms with Crippen LogP contribution in [0.1, 0.15) is 17.2 Å². The maximum absolute atomic E-state index is 11.7. The Morgan fingerprint density at radius 1 is 1.15 bits per heavy atom. The maximum atomic E-state index is 11.7. The molecule has 0 saturated heterocycles. The lowest BCUT2D eigenvalue weighted by molar-refractivity contribution is -0.129. The van der Waals surface area contributed by atoms with Crippen LogP contribution in [0.4, 0.5) is 0 Å². The van der Waals surface area contributed by atoms with Gasteiger partial charge in [0.1, 0.15) is 0 Å². The molecule has 1 amide bonds. The molecule has 0 aromatic heterocycles. The predicted molar refractivity (Wildman–Crippen MR) is 86.3 cm³/mol. The molecule has 0 radical (unpaired) electrons. The fourth-order valence-corrected chi connectivity index (χ4v) is 2.12. The smallest absolute Gasteiger partial charge is 0.273 e. The maximum Gasteiger partial charge on any atom is 0.273 e. The highest BCUT2D eigenvalue weighted by Crippen LogP contribution is 2.12. The van der Waals surface area contributed by atoms with Gasteiger partial charge in [-0.1, -0.05) is 48.5 Å². The number of nitrogens with one attached hydrogen (secondary N) is 1. The number of halogens is 1. The van der Waals surface area contributed by atoms with Crippen molar-refractivity contribution in [3.63, 3.8) is 0 Å². The van der Waals surface area contributed by atoms with Crippen molar-refractivity contribution in [3.05, 3.63) is 69.3 Å². The molecule has 0 spiro atoms. The molecule has 102 valence electrons. The summed E-state index contributed by atoms with van der Waals surface area (Å²) in [6.45, 7) is 0. The van der Waals surface area contributed by atoms with Crippen LogP contribution in [0.25, 0.3) is 0 Å². The van der Waals surface area contributed by atoms with Crippen molar-refractivity contribution in [1.29, 1.82) is 0 Å². The molecule has 2 aromatic carbocycles. The van der Waals surface area contributed by atoms with E-state index in [4.69, 9.17) is 0 Å². The van der Waals surface area contributed by atoms with Crippen LogP contribution in [0.2, 0.25) is 0 Å². The zero-order valence-corrected chi connectivity index (χ0v) is 12.7. The Morgan fingerprint density at radius 2 is 1.80 bits per heavy atom. The van der Waals surface area contributed by atoms with E-state index in [0.717, 1.165) is 9.13 Å². The molecule has 2 aromatic rings. The SMILES string of the molecule is O=C(N/N=C\c1ccccc1I)[C@H](O)c1ccccc1. The van der Waals surface area contributed by atoms with Gasteiger partial charge >= 0.3 is 0 Å². The quantitative estimate of drug-likeness (QED) is 0.487. The lowest BCUT2D eigenvalue weighted by atomic mass is 10.1. The van der Waals surface area contributed by atoms with E-state index >= 15 is 0 Å². The molecule has 2 N–H and O–H groups in total. The summed E-state index contributed by atoms with van der Waals surface area (Å²) >= 11 is 2.19. The molecular formula is C15H13IN2O2. The average molecular weight is 380 g/mol. The average Bonchev–Trinajstić information content (AvgIpc) is 2.49. The zero-order valence-electron chi connectivity index (χ0n) is 10.5. The number of rotatable bonds is 4. The van der Waals surface area contributed by atoms with Crippen molar-refractivity contribution >= 4 is 34.7 Å². The summed E-state index contributed by atoms with van der Waals surface area (Å²) in [4.78, 5) is 11.7. The molecular weight excluding hydrogens is 367 g/mol. The zero-order chi connectivity index (χ0) is 14.4. The molecule has 2 rings (SSSR count). The molecule has 0 aliphatic heterocycles. The van der Waals surface area contributed by atoms with E-state index in [2.05, 4.69) is 33.1 Å². The Hall–Kier alpha value is -1.73. The van der Waals surface area contributed by atoms with Gasteiger partial charge < -0.3 is 5.11 Å². The summed E-state index contributed by atoms with van der Waals surface area (Å²) in [5, 5.41) is 13.7. The Bertz CT molecular complexity index is 614. The number of amides is 1. The number of hydrogen-bond acceptors (Lipinski definition) is 3. The van der Waals surface area contributed by atoms with Crippen molar-refractivity contribution in [1.82, 2.24) is 5.43 Å². The highest BCUT2D eigenvalue weighted by atomic mass is 127. The lowest BCUT2D eigenvalue weighted by Crippen LogP contribution is -2.25. The Morgan fingerprint density at radius 3 is 2.50 bits per heavy atom. The van der Waals surface area contributed by atoms with E-state index in [1.807, 2.05) is 30.3 Å². The number of aliphatic hydroxyl groups excluding tert-OH is 1. The van der Waals surface area contributed by atoms with Crippen molar-refractivity contribution in [3.8, 4) is 0 Å². The van der Waals surface area contributed by atoms with E-state index in [0.29, 0.717) is 5.56 Å². The minimum Gasteiger partial charge on any atom is -0.378 e. The second-order valence-electron chi connectivity index (χ2n) is 4.07. The van der Waals surface area contributed by atoms with Gasteiger partial charge in [-0.15, -0.1) is 0 Å². The molecule has 0 aliphatic carbocycles. The van der Waals surface area contributed by atoms with Crippen LogP contribution >= 0.6 is 22.6 Å². The van der Waals surface area contributed by atoms with Crippen LogP contribution < -0.4 is 5.43 Å². The highest BCUT2D eigenvalue weighted by Gasteiger charge is 2.15. The summed E-state index contributed by atoms with van der Waals surface area (Å²) in [7, 11) is 0. The molecule has 0 fully saturated rings. The third-order valence-electron chi connectivity index (χ3n) is 2.65. The Labute approximate surface area is 130 Å². The second kappa shape index (κ2) is 7.16. The van der Waals surface area contributed by atoms with Crippen molar-refractivity contribution in [2.45, 2.75) is 6.10 Å². The van der Waals surface area contributed by atoms with E-state index in [-0.39, 0.29) is 0 Å². The largest absolute Gasteiger partial charge is 0.378 e. The molecule has 5 heteroatoms. The molecule has 0 saturated carbocycles. The summed E-state index contributed by atoms with van der Waals surface area (Å²) in [6, 6.07) is 16.4. The van der Waals surface area contributed by atoms with Gasteiger partial charge in [0, 0.05) is 9.13 Å². The first-order chi connectivity index (χ1) is 9.68. The van der Waals surface area contributed by atoms with Gasteiger partial charge in [0.15, 0.2) is 6.10 Å². The number of benzene rings is 2. The van der Waals surface area contributed by atoms with Crippen LogP contribution in [-0.2, 0) is 4.79 Å². The fraction of sp³-hybridized carbons (Fsp3) is 0.0667. The van der Waals surface area contributed by atoms with Crippen LogP contribution in [0.3, 0.4) is 0 Å². The third kappa shape index (κ3) is 3.88. The number of aliphatic hydroxyl groups is 1. The van der Waals surface area contributed by atoms with Gasteiger partial charge in [0.2, 0.25) is 0 Å². The van der Waals surface area contributed by atoms with E-state index in [1.54, 1.807) is 30.5 Å². The monoisotopic (exact) mass is 380 g/mol.